The lowest BCUT2D eigenvalue weighted by molar-refractivity contribution is -0.132. The van der Waals surface area contributed by atoms with Crippen molar-refractivity contribution in [2.45, 2.75) is 44.6 Å². The molecule has 0 radical (unpaired) electrons. The molecule has 0 N–H and O–H groups in total. The van der Waals surface area contributed by atoms with Gasteiger partial charge in [0.1, 0.15) is 5.75 Å². The van der Waals surface area contributed by atoms with E-state index in [2.05, 4.69) is 0 Å². The third-order valence-electron chi connectivity index (χ3n) is 3.81. The molecule has 0 heterocycles. The largest absolute Gasteiger partial charge is 0.494 e. The summed E-state index contributed by atoms with van der Waals surface area (Å²) in [5, 5.41) is 0. The van der Waals surface area contributed by atoms with Gasteiger partial charge in [-0.1, -0.05) is 31.0 Å². The van der Waals surface area contributed by atoms with Gasteiger partial charge in [0.15, 0.2) is 0 Å². The van der Waals surface area contributed by atoms with Crippen LogP contribution in [0.2, 0.25) is 0 Å². The lowest BCUT2D eigenvalue weighted by Gasteiger charge is -2.24. The molecule has 0 bridgehead atoms. The number of ether oxygens (including phenoxy) is 1. The standard InChI is InChI=1S/C16H23NO2/c1-17(14-8-5-6-9-14)16(18)12-7-13-19-15-10-3-2-4-11-15/h2-4,10-11,14H,5-9,12-13H2,1H3. The molecule has 1 amide bonds. The van der Waals surface area contributed by atoms with Crippen LogP contribution in [-0.2, 0) is 4.79 Å². The van der Waals surface area contributed by atoms with Gasteiger partial charge in [0, 0.05) is 19.5 Å². The third kappa shape index (κ3) is 4.27. The molecular formula is C16H23NO2. The summed E-state index contributed by atoms with van der Waals surface area (Å²) in [7, 11) is 1.94. The van der Waals surface area contributed by atoms with Crippen molar-refractivity contribution in [3.8, 4) is 5.75 Å². The molecule has 0 aliphatic heterocycles. The van der Waals surface area contributed by atoms with Gasteiger partial charge in [-0.25, -0.2) is 0 Å². The van der Waals surface area contributed by atoms with Gasteiger partial charge in [0.25, 0.3) is 0 Å². The van der Waals surface area contributed by atoms with Gasteiger partial charge in [-0.05, 0) is 31.4 Å². The number of benzene rings is 1. The van der Waals surface area contributed by atoms with E-state index in [0.717, 1.165) is 12.2 Å². The number of rotatable bonds is 6. The maximum atomic E-state index is 12.0. The zero-order valence-corrected chi connectivity index (χ0v) is 11.7. The second-order valence-electron chi connectivity index (χ2n) is 5.21. The minimum Gasteiger partial charge on any atom is -0.494 e. The number of nitrogens with zero attached hydrogens (tertiary/aromatic N) is 1. The Morgan fingerprint density at radius 1 is 1.26 bits per heavy atom. The van der Waals surface area contributed by atoms with Crippen LogP contribution in [0.3, 0.4) is 0 Å². The van der Waals surface area contributed by atoms with Crippen molar-refractivity contribution >= 4 is 5.91 Å². The molecule has 1 saturated carbocycles. The molecule has 1 fully saturated rings. The summed E-state index contributed by atoms with van der Waals surface area (Å²) in [6.07, 6.45) is 6.23. The molecule has 104 valence electrons. The number of hydrogen-bond acceptors (Lipinski definition) is 2. The summed E-state index contributed by atoms with van der Waals surface area (Å²) in [4.78, 5) is 14.0. The highest BCUT2D eigenvalue weighted by molar-refractivity contribution is 5.76. The average Bonchev–Trinajstić information content (AvgIpc) is 2.98. The first-order valence-corrected chi connectivity index (χ1v) is 7.21. The molecule has 0 spiro atoms. The number of carbonyl (C=O) groups excluding carboxylic acids is 1. The third-order valence-corrected chi connectivity index (χ3v) is 3.81. The number of amides is 1. The summed E-state index contributed by atoms with van der Waals surface area (Å²) in [5.74, 6) is 1.13. The minimum atomic E-state index is 0.253. The zero-order chi connectivity index (χ0) is 13.5. The summed E-state index contributed by atoms with van der Waals surface area (Å²) in [6, 6.07) is 10.2. The number of hydrogen-bond donors (Lipinski definition) is 0. The fraction of sp³-hybridized carbons (Fsp3) is 0.562. The van der Waals surface area contributed by atoms with E-state index in [1.807, 2.05) is 42.3 Å². The van der Waals surface area contributed by atoms with E-state index in [4.69, 9.17) is 4.74 Å². The average molecular weight is 261 g/mol. The Hall–Kier alpha value is -1.51. The van der Waals surface area contributed by atoms with E-state index in [9.17, 15) is 4.79 Å². The van der Waals surface area contributed by atoms with E-state index in [1.165, 1.54) is 25.7 Å². The predicted octanol–water partition coefficient (Wildman–Crippen LogP) is 3.25. The van der Waals surface area contributed by atoms with Crippen molar-refractivity contribution in [3.05, 3.63) is 30.3 Å². The number of para-hydroxylation sites is 1. The molecule has 3 nitrogen and oxygen atoms in total. The van der Waals surface area contributed by atoms with Crippen molar-refractivity contribution < 1.29 is 9.53 Å². The Balaban J connectivity index is 1.63. The normalized spacial score (nSPS) is 15.4. The molecule has 0 aromatic heterocycles. The van der Waals surface area contributed by atoms with Crippen LogP contribution < -0.4 is 4.74 Å². The highest BCUT2D eigenvalue weighted by Crippen LogP contribution is 2.22. The summed E-state index contributed by atoms with van der Waals surface area (Å²) < 4.78 is 5.59. The van der Waals surface area contributed by atoms with E-state index in [0.29, 0.717) is 19.1 Å². The lowest BCUT2D eigenvalue weighted by atomic mass is 10.2. The van der Waals surface area contributed by atoms with Gasteiger partial charge in [0.2, 0.25) is 5.91 Å². The summed E-state index contributed by atoms with van der Waals surface area (Å²) >= 11 is 0. The fourth-order valence-corrected chi connectivity index (χ4v) is 2.60. The molecule has 0 saturated heterocycles. The quantitative estimate of drug-likeness (QED) is 0.736. The van der Waals surface area contributed by atoms with E-state index in [1.54, 1.807) is 0 Å². The second kappa shape index (κ2) is 7.17. The molecule has 1 aromatic rings. The van der Waals surface area contributed by atoms with E-state index < -0.39 is 0 Å². The van der Waals surface area contributed by atoms with Crippen molar-refractivity contribution in [1.82, 2.24) is 4.90 Å². The highest BCUT2D eigenvalue weighted by atomic mass is 16.5. The van der Waals surface area contributed by atoms with E-state index >= 15 is 0 Å². The van der Waals surface area contributed by atoms with Crippen LogP contribution >= 0.6 is 0 Å². The topological polar surface area (TPSA) is 29.5 Å². The SMILES string of the molecule is CN(C(=O)CCCOc1ccccc1)C1CCCC1. The Kier molecular flexibility index (Phi) is 5.25. The van der Waals surface area contributed by atoms with E-state index in [-0.39, 0.29) is 5.91 Å². The molecule has 1 aliphatic rings. The molecule has 1 aromatic carbocycles. The first-order chi connectivity index (χ1) is 9.27. The molecule has 1 aliphatic carbocycles. The first-order valence-electron chi connectivity index (χ1n) is 7.21. The fourth-order valence-electron chi connectivity index (χ4n) is 2.60. The van der Waals surface area contributed by atoms with Crippen LogP contribution in [0, 0.1) is 0 Å². The molecule has 0 atom stereocenters. The van der Waals surface area contributed by atoms with Crippen molar-refractivity contribution in [3.63, 3.8) is 0 Å². The van der Waals surface area contributed by atoms with Crippen molar-refractivity contribution in [1.29, 1.82) is 0 Å². The van der Waals surface area contributed by atoms with Gasteiger partial charge < -0.3 is 9.64 Å². The Labute approximate surface area is 115 Å². The van der Waals surface area contributed by atoms with Crippen molar-refractivity contribution in [2.24, 2.45) is 0 Å². The summed E-state index contributed by atoms with van der Waals surface area (Å²) in [6.45, 7) is 0.605. The monoisotopic (exact) mass is 261 g/mol. The van der Waals surface area contributed by atoms with Crippen LogP contribution in [-0.4, -0.2) is 30.5 Å². The molecule has 0 unspecified atom stereocenters. The highest BCUT2D eigenvalue weighted by Gasteiger charge is 2.22. The maximum absolute atomic E-state index is 12.0. The van der Waals surface area contributed by atoms with Crippen LogP contribution in [0.25, 0.3) is 0 Å². The molecular weight excluding hydrogens is 238 g/mol. The van der Waals surface area contributed by atoms with Crippen LogP contribution in [0.4, 0.5) is 0 Å². The first kappa shape index (κ1) is 13.9. The predicted molar refractivity (Wildman–Crippen MR) is 76.2 cm³/mol. The molecule has 19 heavy (non-hydrogen) atoms. The smallest absolute Gasteiger partial charge is 0.222 e. The summed E-state index contributed by atoms with van der Waals surface area (Å²) in [5.41, 5.74) is 0. The number of carbonyl (C=O) groups is 1. The Morgan fingerprint density at radius 2 is 1.95 bits per heavy atom. The van der Waals surface area contributed by atoms with Crippen LogP contribution in [0.1, 0.15) is 38.5 Å². The van der Waals surface area contributed by atoms with Gasteiger partial charge in [-0.15, -0.1) is 0 Å². The molecule has 2 rings (SSSR count). The van der Waals surface area contributed by atoms with Crippen LogP contribution in [0.15, 0.2) is 30.3 Å². The van der Waals surface area contributed by atoms with Gasteiger partial charge in [0.05, 0.1) is 6.61 Å². The van der Waals surface area contributed by atoms with Gasteiger partial charge in [-0.2, -0.15) is 0 Å². The second-order valence-corrected chi connectivity index (χ2v) is 5.21. The Morgan fingerprint density at radius 3 is 2.63 bits per heavy atom. The van der Waals surface area contributed by atoms with Crippen molar-refractivity contribution in [2.75, 3.05) is 13.7 Å². The zero-order valence-electron chi connectivity index (χ0n) is 11.7. The minimum absolute atomic E-state index is 0.253. The maximum Gasteiger partial charge on any atom is 0.222 e. The molecule has 3 heteroatoms. The van der Waals surface area contributed by atoms with Gasteiger partial charge in [-0.3, -0.25) is 4.79 Å². The lowest BCUT2D eigenvalue weighted by Crippen LogP contribution is -2.35. The van der Waals surface area contributed by atoms with Crippen LogP contribution in [0.5, 0.6) is 5.75 Å². The Bertz CT molecular complexity index is 385. The van der Waals surface area contributed by atoms with Gasteiger partial charge >= 0.3 is 0 Å².